The van der Waals surface area contributed by atoms with Gasteiger partial charge in [0, 0.05) is 18.3 Å². The zero-order chi connectivity index (χ0) is 14.2. The monoisotopic (exact) mass is 295 g/mol. The van der Waals surface area contributed by atoms with Crippen LogP contribution in [0.3, 0.4) is 0 Å². The molecular weight excluding hydrogens is 278 g/mol. The average molecular weight is 295 g/mol. The number of hydrogen-bond acceptors (Lipinski definition) is 4. The fourth-order valence-corrected chi connectivity index (χ4v) is 3.66. The molecular formula is C17H17N3S. The molecule has 0 atom stereocenters. The van der Waals surface area contributed by atoms with Crippen LogP contribution in [0.4, 0.5) is 10.8 Å². The van der Waals surface area contributed by atoms with E-state index in [2.05, 4.69) is 35.2 Å². The maximum absolute atomic E-state index is 5.87. The summed E-state index contributed by atoms with van der Waals surface area (Å²) < 4.78 is 1.17. The second-order valence-corrected chi connectivity index (χ2v) is 6.58. The topological polar surface area (TPSA) is 42.1 Å². The van der Waals surface area contributed by atoms with Gasteiger partial charge in [-0.15, -0.1) is 0 Å². The van der Waals surface area contributed by atoms with E-state index in [1.165, 1.54) is 23.1 Å². The molecule has 1 aromatic heterocycles. The van der Waals surface area contributed by atoms with E-state index in [0.717, 1.165) is 22.9 Å². The largest absolute Gasteiger partial charge is 0.399 e. The molecule has 2 aromatic carbocycles. The van der Waals surface area contributed by atoms with Crippen molar-refractivity contribution in [2.24, 2.45) is 0 Å². The number of aromatic nitrogens is 1. The fraction of sp³-hybridized carbons (Fsp3) is 0.235. The number of benzene rings is 2. The summed E-state index contributed by atoms with van der Waals surface area (Å²) >= 11 is 1.74. The number of thiazole rings is 1. The van der Waals surface area contributed by atoms with Crippen LogP contribution in [0.5, 0.6) is 0 Å². The van der Waals surface area contributed by atoms with E-state index in [0.29, 0.717) is 6.04 Å². The van der Waals surface area contributed by atoms with Crippen LogP contribution in [-0.2, 0) is 6.54 Å². The number of fused-ring (bicyclic) bond motifs is 1. The van der Waals surface area contributed by atoms with Gasteiger partial charge in [-0.3, -0.25) is 0 Å². The third kappa shape index (κ3) is 2.59. The van der Waals surface area contributed by atoms with Crippen molar-refractivity contribution in [1.29, 1.82) is 0 Å². The fourth-order valence-electron chi connectivity index (χ4n) is 2.57. The summed E-state index contributed by atoms with van der Waals surface area (Å²) in [4.78, 5) is 7.24. The molecule has 106 valence electrons. The summed E-state index contributed by atoms with van der Waals surface area (Å²) in [5, 5.41) is 1.11. The Morgan fingerprint density at radius 1 is 1.14 bits per heavy atom. The first-order valence-corrected chi connectivity index (χ1v) is 8.08. The van der Waals surface area contributed by atoms with Gasteiger partial charge < -0.3 is 10.6 Å². The van der Waals surface area contributed by atoms with Gasteiger partial charge >= 0.3 is 0 Å². The highest BCUT2D eigenvalue weighted by atomic mass is 32.1. The van der Waals surface area contributed by atoms with Crippen molar-refractivity contribution in [2.45, 2.75) is 25.4 Å². The molecule has 4 rings (SSSR count). The smallest absolute Gasteiger partial charge is 0.186 e. The van der Waals surface area contributed by atoms with E-state index in [9.17, 15) is 0 Å². The van der Waals surface area contributed by atoms with E-state index >= 15 is 0 Å². The molecule has 1 fully saturated rings. The summed E-state index contributed by atoms with van der Waals surface area (Å²) in [6, 6.07) is 17.2. The summed E-state index contributed by atoms with van der Waals surface area (Å²) in [6.07, 6.45) is 2.54. The second kappa shape index (κ2) is 5.04. The van der Waals surface area contributed by atoms with Crippen molar-refractivity contribution in [3.05, 3.63) is 54.1 Å². The van der Waals surface area contributed by atoms with Crippen LogP contribution in [0.25, 0.3) is 10.2 Å². The van der Waals surface area contributed by atoms with Crippen LogP contribution in [0, 0.1) is 0 Å². The molecule has 0 spiro atoms. The molecule has 0 bridgehead atoms. The van der Waals surface area contributed by atoms with Gasteiger partial charge in [-0.2, -0.15) is 0 Å². The van der Waals surface area contributed by atoms with Gasteiger partial charge in [0.1, 0.15) is 0 Å². The van der Waals surface area contributed by atoms with Gasteiger partial charge in [0.15, 0.2) is 5.13 Å². The van der Waals surface area contributed by atoms with E-state index in [-0.39, 0.29) is 0 Å². The zero-order valence-corrected chi connectivity index (χ0v) is 12.5. The minimum absolute atomic E-state index is 0.642. The van der Waals surface area contributed by atoms with Gasteiger partial charge in [-0.05, 0) is 36.6 Å². The predicted molar refractivity (Wildman–Crippen MR) is 89.7 cm³/mol. The zero-order valence-electron chi connectivity index (χ0n) is 11.7. The first kappa shape index (κ1) is 12.7. The summed E-state index contributed by atoms with van der Waals surface area (Å²) in [6.45, 7) is 0.931. The number of nitrogens with two attached hydrogens (primary N) is 1. The molecule has 0 aliphatic heterocycles. The Hall–Kier alpha value is -2.07. The molecule has 3 aromatic rings. The van der Waals surface area contributed by atoms with Crippen LogP contribution < -0.4 is 10.6 Å². The minimum atomic E-state index is 0.642. The Bertz CT molecular complexity index is 762. The molecule has 3 nitrogen and oxygen atoms in total. The van der Waals surface area contributed by atoms with Crippen LogP contribution in [0.1, 0.15) is 18.4 Å². The Kier molecular flexibility index (Phi) is 3.04. The van der Waals surface area contributed by atoms with Crippen molar-refractivity contribution < 1.29 is 0 Å². The molecule has 1 aliphatic rings. The summed E-state index contributed by atoms with van der Waals surface area (Å²) in [5.74, 6) is 0. The highest BCUT2D eigenvalue weighted by molar-refractivity contribution is 7.22. The van der Waals surface area contributed by atoms with Crippen molar-refractivity contribution in [3.63, 3.8) is 0 Å². The lowest BCUT2D eigenvalue weighted by molar-refractivity contribution is 0.791. The number of nitrogen functional groups attached to an aromatic ring is 1. The van der Waals surface area contributed by atoms with E-state index in [1.807, 2.05) is 18.2 Å². The lowest BCUT2D eigenvalue weighted by Crippen LogP contribution is -2.24. The molecule has 1 saturated carbocycles. The summed E-state index contributed by atoms with van der Waals surface area (Å²) in [7, 11) is 0. The van der Waals surface area contributed by atoms with E-state index in [1.54, 1.807) is 11.3 Å². The predicted octanol–water partition coefficient (Wildman–Crippen LogP) is 4.05. The molecule has 0 saturated heterocycles. The lowest BCUT2D eigenvalue weighted by atomic mass is 10.2. The number of rotatable bonds is 4. The molecule has 21 heavy (non-hydrogen) atoms. The third-order valence-corrected chi connectivity index (χ3v) is 4.89. The van der Waals surface area contributed by atoms with Crippen molar-refractivity contribution >= 4 is 32.4 Å². The lowest BCUT2D eigenvalue weighted by Gasteiger charge is -2.21. The van der Waals surface area contributed by atoms with Gasteiger partial charge in [-0.25, -0.2) is 4.98 Å². The molecule has 0 amide bonds. The van der Waals surface area contributed by atoms with Gasteiger partial charge in [0.05, 0.1) is 10.2 Å². The average Bonchev–Trinajstić information content (AvgIpc) is 3.25. The Morgan fingerprint density at radius 2 is 1.95 bits per heavy atom. The van der Waals surface area contributed by atoms with Crippen molar-refractivity contribution in [3.8, 4) is 0 Å². The van der Waals surface area contributed by atoms with Crippen molar-refractivity contribution in [2.75, 3.05) is 10.6 Å². The standard InChI is InChI=1S/C17H17N3S/c18-13-6-9-15-16(10-13)21-17(19-15)20(14-7-8-14)11-12-4-2-1-3-5-12/h1-6,9-10,14H,7-8,11,18H2. The van der Waals surface area contributed by atoms with Crippen molar-refractivity contribution in [1.82, 2.24) is 4.98 Å². The molecule has 2 N–H and O–H groups in total. The van der Waals surface area contributed by atoms with Crippen LogP contribution >= 0.6 is 11.3 Å². The first-order chi connectivity index (χ1) is 10.3. The molecule has 1 aliphatic carbocycles. The SMILES string of the molecule is Nc1ccc2nc(N(Cc3ccccc3)C3CC3)sc2c1. The summed E-state index contributed by atoms with van der Waals surface area (Å²) in [5.41, 5.74) is 9.06. The second-order valence-electron chi connectivity index (χ2n) is 5.57. The maximum atomic E-state index is 5.87. The Balaban J connectivity index is 1.69. The van der Waals surface area contributed by atoms with Crippen LogP contribution in [0.15, 0.2) is 48.5 Å². The van der Waals surface area contributed by atoms with Crippen LogP contribution in [0.2, 0.25) is 0 Å². The third-order valence-electron chi connectivity index (χ3n) is 3.83. The van der Waals surface area contributed by atoms with Gasteiger partial charge in [0.25, 0.3) is 0 Å². The normalized spacial score (nSPS) is 14.5. The minimum Gasteiger partial charge on any atom is -0.399 e. The molecule has 0 unspecified atom stereocenters. The van der Waals surface area contributed by atoms with Gasteiger partial charge in [-0.1, -0.05) is 41.7 Å². The number of hydrogen-bond donors (Lipinski definition) is 1. The molecule has 4 heteroatoms. The highest BCUT2D eigenvalue weighted by Gasteiger charge is 2.31. The number of anilines is 2. The Morgan fingerprint density at radius 3 is 2.71 bits per heavy atom. The Labute approximate surface area is 128 Å². The van der Waals surface area contributed by atoms with Gasteiger partial charge in [0.2, 0.25) is 0 Å². The quantitative estimate of drug-likeness (QED) is 0.738. The molecule has 0 radical (unpaired) electrons. The van der Waals surface area contributed by atoms with E-state index < -0.39 is 0 Å². The number of nitrogens with zero attached hydrogens (tertiary/aromatic N) is 2. The van der Waals surface area contributed by atoms with E-state index in [4.69, 9.17) is 10.7 Å². The van der Waals surface area contributed by atoms with Crippen LogP contribution in [-0.4, -0.2) is 11.0 Å². The molecule has 1 heterocycles. The first-order valence-electron chi connectivity index (χ1n) is 7.26. The maximum Gasteiger partial charge on any atom is 0.186 e. The highest BCUT2D eigenvalue weighted by Crippen LogP contribution is 2.37.